The van der Waals surface area contributed by atoms with Crippen molar-refractivity contribution in [3.63, 3.8) is 0 Å². The summed E-state index contributed by atoms with van der Waals surface area (Å²) in [6, 6.07) is 1.77. The minimum atomic E-state index is -1.04. The molecule has 1 saturated heterocycles. The number of rotatable bonds is 2. The van der Waals surface area contributed by atoms with Crippen molar-refractivity contribution in [3.05, 3.63) is 24.2 Å². The molecule has 0 aromatic carbocycles. The summed E-state index contributed by atoms with van der Waals surface area (Å²) >= 11 is 0. The number of pyridine rings is 1. The molecule has 1 N–H and O–H groups in total. The van der Waals surface area contributed by atoms with Gasteiger partial charge in [0.2, 0.25) is 0 Å². The molecule has 0 saturated carbocycles. The van der Waals surface area contributed by atoms with Crippen molar-refractivity contribution in [1.82, 2.24) is 14.8 Å². The first-order valence-electron chi connectivity index (χ1n) is 5.94. The third-order valence-electron chi connectivity index (χ3n) is 3.16. The van der Waals surface area contributed by atoms with Crippen LogP contribution in [0.15, 0.2) is 18.5 Å². The number of carbonyl (C=O) groups is 1. The van der Waals surface area contributed by atoms with Crippen LogP contribution in [0.5, 0.6) is 0 Å². The van der Waals surface area contributed by atoms with Crippen molar-refractivity contribution >= 4 is 16.9 Å². The Bertz CT molecular complexity index is 587. The zero-order chi connectivity index (χ0) is 12.5. The maximum Gasteiger partial charge on any atom is 0.355 e. The molecule has 6 nitrogen and oxygen atoms in total. The van der Waals surface area contributed by atoms with E-state index in [4.69, 9.17) is 9.84 Å². The van der Waals surface area contributed by atoms with E-state index in [0.29, 0.717) is 5.39 Å². The van der Waals surface area contributed by atoms with Gasteiger partial charge in [0, 0.05) is 12.8 Å². The van der Waals surface area contributed by atoms with Gasteiger partial charge in [0.1, 0.15) is 0 Å². The fourth-order valence-electron chi connectivity index (χ4n) is 2.29. The molecule has 2 aromatic rings. The van der Waals surface area contributed by atoms with Gasteiger partial charge >= 0.3 is 5.97 Å². The number of aromatic nitrogens is 3. The normalized spacial score (nSPS) is 20.1. The Labute approximate surface area is 103 Å². The Morgan fingerprint density at radius 1 is 1.50 bits per heavy atom. The molecule has 1 aliphatic rings. The molecule has 3 rings (SSSR count). The fourth-order valence-corrected chi connectivity index (χ4v) is 2.29. The van der Waals surface area contributed by atoms with Crippen LogP contribution in [0.4, 0.5) is 0 Å². The number of carboxylic acid groups (broad SMARTS) is 1. The molecule has 6 heteroatoms. The van der Waals surface area contributed by atoms with Crippen LogP contribution in [0.25, 0.3) is 10.9 Å². The van der Waals surface area contributed by atoms with Crippen LogP contribution in [0.1, 0.15) is 36.0 Å². The van der Waals surface area contributed by atoms with Crippen LogP contribution >= 0.6 is 0 Å². The van der Waals surface area contributed by atoms with E-state index in [1.54, 1.807) is 16.9 Å². The van der Waals surface area contributed by atoms with Crippen molar-refractivity contribution in [3.8, 4) is 0 Å². The molecule has 0 spiro atoms. The minimum absolute atomic E-state index is 0.0366. The van der Waals surface area contributed by atoms with Crippen LogP contribution in [0, 0.1) is 0 Å². The summed E-state index contributed by atoms with van der Waals surface area (Å²) in [5, 5.41) is 13.9. The summed E-state index contributed by atoms with van der Waals surface area (Å²) in [6.07, 6.45) is 6.01. The van der Waals surface area contributed by atoms with Crippen LogP contribution in [0.2, 0.25) is 0 Å². The van der Waals surface area contributed by atoms with E-state index in [1.807, 2.05) is 0 Å². The molecule has 3 heterocycles. The van der Waals surface area contributed by atoms with Crippen LogP contribution in [-0.4, -0.2) is 32.4 Å². The lowest BCUT2D eigenvalue weighted by Gasteiger charge is -2.23. The number of ether oxygens (including phenoxy) is 1. The first-order valence-corrected chi connectivity index (χ1v) is 5.94. The summed E-state index contributed by atoms with van der Waals surface area (Å²) in [5.41, 5.74) is 0.795. The van der Waals surface area contributed by atoms with Crippen molar-refractivity contribution in [2.45, 2.75) is 25.5 Å². The van der Waals surface area contributed by atoms with E-state index < -0.39 is 5.97 Å². The van der Waals surface area contributed by atoms with Gasteiger partial charge in [-0.3, -0.25) is 0 Å². The molecule has 1 atom stereocenters. The second-order valence-corrected chi connectivity index (χ2v) is 4.31. The molecule has 0 amide bonds. The van der Waals surface area contributed by atoms with E-state index in [9.17, 15) is 4.79 Å². The summed E-state index contributed by atoms with van der Waals surface area (Å²) in [5.74, 6) is -1.04. The predicted octanol–water partition coefficient (Wildman–Crippen LogP) is 1.83. The largest absolute Gasteiger partial charge is 0.476 e. The van der Waals surface area contributed by atoms with E-state index >= 15 is 0 Å². The lowest BCUT2D eigenvalue weighted by Crippen LogP contribution is -2.19. The number of hydrogen-bond acceptors (Lipinski definition) is 4. The van der Waals surface area contributed by atoms with Gasteiger partial charge in [-0.2, -0.15) is 5.10 Å². The van der Waals surface area contributed by atoms with E-state index in [-0.39, 0.29) is 11.9 Å². The predicted molar refractivity (Wildman–Crippen MR) is 63.3 cm³/mol. The third-order valence-corrected chi connectivity index (χ3v) is 3.16. The van der Waals surface area contributed by atoms with Crippen molar-refractivity contribution in [2.24, 2.45) is 0 Å². The lowest BCUT2D eigenvalue weighted by atomic mass is 10.2. The van der Waals surface area contributed by atoms with Gasteiger partial charge in [-0.1, -0.05) is 0 Å². The van der Waals surface area contributed by atoms with Gasteiger partial charge in [0.15, 0.2) is 11.9 Å². The van der Waals surface area contributed by atoms with Gasteiger partial charge in [-0.05, 0) is 25.3 Å². The Hall–Kier alpha value is -1.95. The second-order valence-electron chi connectivity index (χ2n) is 4.31. The number of nitrogens with zero attached hydrogens (tertiary/aromatic N) is 3. The molecular weight excluding hydrogens is 234 g/mol. The first-order chi connectivity index (χ1) is 8.77. The van der Waals surface area contributed by atoms with Gasteiger partial charge in [-0.25, -0.2) is 14.5 Å². The highest BCUT2D eigenvalue weighted by Crippen LogP contribution is 2.26. The topological polar surface area (TPSA) is 77.2 Å². The Morgan fingerprint density at radius 3 is 3.11 bits per heavy atom. The average molecular weight is 247 g/mol. The van der Waals surface area contributed by atoms with Crippen molar-refractivity contribution in [1.29, 1.82) is 0 Å². The third kappa shape index (κ3) is 1.74. The molecule has 0 aliphatic carbocycles. The van der Waals surface area contributed by atoms with E-state index in [2.05, 4.69) is 10.1 Å². The average Bonchev–Trinajstić information content (AvgIpc) is 2.83. The van der Waals surface area contributed by atoms with Crippen molar-refractivity contribution in [2.75, 3.05) is 6.61 Å². The van der Waals surface area contributed by atoms with Crippen molar-refractivity contribution < 1.29 is 14.6 Å². The molecule has 1 fully saturated rings. The molecule has 1 unspecified atom stereocenters. The quantitative estimate of drug-likeness (QED) is 0.876. The molecule has 0 radical (unpaired) electrons. The van der Waals surface area contributed by atoms with Gasteiger partial charge in [0.25, 0.3) is 0 Å². The monoisotopic (exact) mass is 247 g/mol. The van der Waals surface area contributed by atoms with Crippen LogP contribution in [0.3, 0.4) is 0 Å². The van der Waals surface area contributed by atoms with Gasteiger partial charge < -0.3 is 9.84 Å². The molecular formula is C12H13N3O3. The SMILES string of the molecule is O=C(O)c1nccc2c1cnn2C1CCCCO1. The lowest BCUT2D eigenvalue weighted by molar-refractivity contribution is -0.0366. The summed E-state index contributed by atoms with van der Waals surface area (Å²) in [6.45, 7) is 0.725. The first kappa shape index (κ1) is 11.2. The molecule has 94 valence electrons. The van der Waals surface area contributed by atoms with Gasteiger partial charge in [0.05, 0.1) is 17.1 Å². The summed E-state index contributed by atoms with van der Waals surface area (Å²) in [7, 11) is 0. The molecule has 18 heavy (non-hydrogen) atoms. The maximum absolute atomic E-state index is 11.1. The van der Waals surface area contributed by atoms with Crippen LogP contribution in [-0.2, 0) is 4.74 Å². The summed E-state index contributed by atoms with van der Waals surface area (Å²) in [4.78, 5) is 14.9. The number of fused-ring (bicyclic) bond motifs is 1. The smallest absolute Gasteiger partial charge is 0.355 e. The van der Waals surface area contributed by atoms with E-state index in [0.717, 1.165) is 31.4 Å². The minimum Gasteiger partial charge on any atom is -0.476 e. The second kappa shape index (κ2) is 4.38. The number of hydrogen-bond donors (Lipinski definition) is 1. The Morgan fingerprint density at radius 2 is 2.39 bits per heavy atom. The molecule has 1 aliphatic heterocycles. The zero-order valence-corrected chi connectivity index (χ0v) is 9.74. The number of aromatic carboxylic acids is 1. The highest BCUT2D eigenvalue weighted by molar-refractivity contribution is 6.00. The maximum atomic E-state index is 11.1. The number of carboxylic acids is 1. The zero-order valence-electron chi connectivity index (χ0n) is 9.74. The summed E-state index contributed by atoms with van der Waals surface area (Å²) < 4.78 is 7.42. The Kier molecular flexibility index (Phi) is 2.71. The fraction of sp³-hybridized carbons (Fsp3) is 0.417. The van der Waals surface area contributed by atoms with Crippen LogP contribution < -0.4 is 0 Å². The highest BCUT2D eigenvalue weighted by Gasteiger charge is 2.20. The molecule has 0 bridgehead atoms. The standard InChI is InChI=1S/C12H13N3O3/c16-12(17)11-8-7-14-15(9(8)4-5-13-11)10-3-1-2-6-18-10/h4-5,7,10H,1-3,6H2,(H,16,17). The Balaban J connectivity index is 2.08. The highest BCUT2D eigenvalue weighted by atomic mass is 16.5. The van der Waals surface area contributed by atoms with E-state index in [1.165, 1.54) is 6.20 Å². The molecule has 2 aromatic heterocycles. The van der Waals surface area contributed by atoms with Gasteiger partial charge in [-0.15, -0.1) is 0 Å².